The molecule has 0 aromatic heterocycles. The average molecular weight is 435 g/mol. The summed E-state index contributed by atoms with van der Waals surface area (Å²) in [5.41, 5.74) is 2.00. The van der Waals surface area contributed by atoms with Gasteiger partial charge >= 0.3 is 0 Å². The molecule has 1 unspecified atom stereocenters. The van der Waals surface area contributed by atoms with Crippen molar-refractivity contribution in [2.75, 3.05) is 45.9 Å². The third-order valence-electron chi connectivity index (χ3n) is 6.26. The van der Waals surface area contributed by atoms with Gasteiger partial charge in [-0.25, -0.2) is 4.39 Å². The van der Waals surface area contributed by atoms with Crippen LogP contribution in [0, 0.1) is 0 Å². The van der Waals surface area contributed by atoms with Crippen LogP contribution in [0.5, 0.6) is 17.2 Å². The number of ether oxygens (including phenoxy) is 3. The third-order valence-corrected chi connectivity index (χ3v) is 6.58. The molecule has 2 aromatic rings. The number of hydrogen-bond acceptors (Lipinski definition) is 5. The Morgan fingerprint density at radius 1 is 0.967 bits per heavy atom. The summed E-state index contributed by atoms with van der Waals surface area (Å²) >= 11 is 6.16. The van der Waals surface area contributed by atoms with Crippen LogP contribution in [0.25, 0.3) is 0 Å². The van der Waals surface area contributed by atoms with Crippen molar-refractivity contribution in [2.45, 2.75) is 31.1 Å². The van der Waals surface area contributed by atoms with Crippen LogP contribution in [-0.4, -0.2) is 51.7 Å². The van der Waals surface area contributed by atoms with E-state index in [0.29, 0.717) is 41.8 Å². The van der Waals surface area contributed by atoms with Gasteiger partial charge in [-0.3, -0.25) is 4.90 Å². The predicted molar refractivity (Wildman–Crippen MR) is 117 cm³/mol. The van der Waals surface area contributed by atoms with Crippen molar-refractivity contribution >= 4 is 17.3 Å². The number of fused-ring (bicyclic) bond motifs is 1. The van der Waals surface area contributed by atoms with E-state index in [1.165, 1.54) is 0 Å². The van der Waals surface area contributed by atoms with Gasteiger partial charge in [0.2, 0.25) is 0 Å². The van der Waals surface area contributed by atoms with Gasteiger partial charge in [0.25, 0.3) is 0 Å². The molecular formula is C23H28ClFN2O3. The van der Waals surface area contributed by atoms with E-state index in [1.807, 2.05) is 35.2 Å². The van der Waals surface area contributed by atoms with E-state index in [-0.39, 0.29) is 6.04 Å². The maximum absolute atomic E-state index is 16.2. The molecule has 2 atom stereocenters. The van der Waals surface area contributed by atoms with Crippen LogP contribution < -0.4 is 19.1 Å². The second-order valence-electron chi connectivity index (χ2n) is 7.87. The Morgan fingerprint density at radius 3 is 2.47 bits per heavy atom. The van der Waals surface area contributed by atoms with Crippen molar-refractivity contribution < 1.29 is 18.6 Å². The van der Waals surface area contributed by atoms with E-state index in [1.54, 1.807) is 27.4 Å². The zero-order valence-corrected chi connectivity index (χ0v) is 18.4. The van der Waals surface area contributed by atoms with Gasteiger partial charge in [0, 0.05) is 30.9 Å². The Morgan fingerprint density at radius 2 is 1.73 bits per heavy atom. The molecule has 162 valence electrons. The van der Waals surface area contributed by atoms with Crippen LogP contribution >= 0.6 is 11.6 Å². The van der Waals surface area contributed by atoms with Gasteiger partial charge in [-0.05, 0) is 49.1 Å². The van der Waals surface area contributed by atoms with E-state index >= 15 is 4.39 Å². The van der Waals surface area contributed by atoms with Crippen molar-refractivity contribution in [1.82, 2.24) is 4.90 Å². The molecule has 0 saturated carbocycles. The molecule has 2 heterocycles. The highest BCUT2D eigenvalue weighted by molar-refractivity contribution is 6.32. The summed E-state index contributed by atoms with van der Waals surface area (Å²) in [6, 6.07) is 11.5. The molecule has 0 aliphatic carbocycles. The number of benzene rings is 2. The molecule has 2 aliphatic rings. The molecule has 2 saturated heterocycles. The Balaban J connectivity index is 1.58. The topological polar surface area (TPSA) is 34.2 Å². The largest absolute Gasteiger partial charge is 0.495 e. The number of alkyl halides is 1. The zero-order valence-electron chi connectivity index (χ0n) is 17.7. The fourth-order valence-corrected chi connectivity index (χ4v) is 4.94. The summed E-state index contributed by atoms with van der Waals surface area (Å²) in [5.74, 6) is 0.583. The predicted octanol–water partition coefficient (Wildman–Crippen LogP) is 5.08. The SMILES string of the molecule is COc1cc(N2CCN3C(c4ccc(OC)c(OC)c4)CCC[C@]3(F)C2)ccc1Cl. The van der Waals surface area contributed by atoms with Crippen molar-refractivity contribution in [3.05, 3.63) is 47.0 Å². The summed E-state index contributed by atoms with van der Waals surface area (Å²) < 4.78 is 32.4. The Kier molecular flexibility index (Phi) is 5.98. The number of piperidine rings is 1. The van der Waals surface area contributed by atoms with Gasteiger partial charge in [-0.2, -0.15) is 0 Å². The number of hydrogen-bond donors (Lipinski definition) is 0. The zero-order chi connectivity index (χ0) is 21.3. The van der Waals surface area contributed by atoms with Gasteiger partial charge in [0.1, 0.15) is 5.75 Å². The minimum Gasteiger partial charge on any atom is -0.495 e. The van der Waals surface area contributed by atoms with Crippen molar-refractivity contribution in [2.24, 2.45) is 0 Å². The molecule has 0 N–H and O–H groups in total. The smallest absolute Gasteiger partial charge is 0.182 e. The quantitative estimate of drug-likeness (QED) is 0.613. The lowest BCUT2D eigenvalue weighted by Crippen LogP contribution is -2.62. The lowest BCUT2D eigenvalue weighted by atomic mass is 9.87. The molecule has 0 bridgehead atoms. The van der Waals surface area contributed by atoms with Gasteiger partial charge in [-0.15, -0.1) is 0 Å². The molecule has 2 aliphatic heterocycles. The van der Waals surface area contributed by atoms with E-state index in [4.69, 9.17) is 25.8 Å². The number of halogens is 2. The minimum absolute atomic E-state index is 0.0189. The molecule has 7 heteroatoms. The third kappa shape index (κ3) is 3.79. The number of rotatable bonds is 5. The lowest BCUT2D eigenvalue weighted by molar-refractivity contribution is -0.102. The highest BCUT2D eigenvalue weighted by atomic mass is 35.5. The first-order valence-electron chi connectivity index (χ1n) is 10.2. The standard InChI is InChI=1S/C23H28ClFN2O3/c1-28-20-9-6-16(13-22(20)30-3)19-5-4-10-23(25)15-26(11-12-27(19)23)17-7-8-18(24)21(14-17)29-2/h6-9,13-14,19H,4-5,10-12,15H2,1-3H3/t19?,23-/m1/s1. The average Bonchev–Trinajstić information content (AvgIpc) is 2.77. The Bertz CT molecular complexity index is 912. The molecule has 0 spiro atoms. The molecule has 2 fully saturated rings. The van der Waals surface area contributed by atoms with Gasteiger partial charge < -0.3 is 19.1 Å². The monoisotopic (exact) mass is 434 g/mol. The summed E-state index contributed by atoms with van der Waals surface area (Å²) in [6.45, 7) is 1.70. The van der Waals surface area contributed by atoms with E-state index in [0.717, 1.165) is 30.6 Å². The summed E-state index contributed by atoms with van der Waals surface area (Å²) in [7, 11) is 4.84. The molecule has 0 radical (unpaired) electrons. The van der Waals surface area contributed by atoms with Crippen molar-refractivity contribution in [3.8, 4) is 17.2 Å². The first-order valence-corrected chi connectivity index (χ1v) is 10.6. The molecule has 2 aromatic carbocycles. The normalized spacial score (nSPS) is 24.3. The van der Waals surface area contributed by atoms with Crippen LogP contribution in [0.3, 0.4) is 0 Å². The maximum Gasteiger partial charge on any atom is 0.182 e. The van der Waals surface area contributed by atoms with E-state index < -0.39 is 5.79 Å². The summed E-state index contributed by atoms with van der Waals surface area (Å²) in [5, 5.41) is 0.557. The molecule has 5 nitrogen and oxygen atoms in total. The van der Waals surface area contributed by atoms with Crippen molar-refractivity contribution in [1.29, 1.82) is 0 Å². The minimum atomic E-state index is -1.39. The molecule has 30 heavy (non-hydrogen) atoms. The van der Waals surface area contributed by atoms with Crippen LogP contribution in [-0.2, 0) is 0 Å². The maximum atomic E-state index is 16.2. The number of nitrogens with zero attached hydrogens (tertiary/aromatic N) is 2. The van der Waals surface area contributed by atoms with Crippen LogP contribution in [0.2, 0.25) is 5.02 Å². The fraction of sp³-hybridized carbons (Fsp3) is 0.478. The number of methoxy groups -OCH3 is 3. The highest BCUT2D eigenvalue weighted by Crippen LogP contribution is 2.45. The van der Waals surface area contributed by atoms with Gasteiger partial charge in [0.05, 0.1) is 32.9 Å². The first-order chi connectivity index (χ1) is 14.5. The summed E-state index contributed by atoms with van der Waals surface area (Å²) in [4.78, 5) is 4.12. The Hall–Kier alpha value is -2.18. The second kappa shape index (κ2) is 8.52. The van der Waals surface area contributed by atoms with Crippen molar-refractivity contribution in [3.63, 3.8) is 0 Å². The highest BCUT2D eigenvalue weighted by Gasteiger charge is 2.48. The van der Waals surface area contributed by atoms with E-state index in [2.05, 4.69) is 4.90 Å². The second-order valence-corrected chi connectivity index (χ2v) is 8.28. The summed E-state index contributed by atoms with van der Waals surface area (Å²) in [6.07, 6.45) is 2.29. The number of piperazine rings is 1. The molecule has 0 amide bonds. The van der Waals surface area contributed by atoms with Crippen LogP contribution in [0.1, 0.15) is 30.9 Å². The molecular weight excluding hydrogens is 407 g/mol. The van der Waals surface area contributed by atoms with Crippen LogP contribution in [0.4, 0.5) is 10.1 Å². The Labute approximate surface area is 182 Å². The fourth-order valence-electron chi connectivity index (χ4n) is 4.74. The lowest BCUT2D eigenvalue weighted by Gasteiger charge is -2.52. The molecule has 4 rings (SSSR count). The van der Waals surface area contributed by atoms with Crippen LogP contribution in [0.15, 0.2) is 36.4 Å². The van der Waals surface area contributed by atoms with E-state index in [9.17, 15) is 0 Å². The first kappa shape index (κ1) is 21.1. The van der Waals surface area contributed by atoms with Gasteiger partial charge in [0.15, 0.2) is 17.3 Å². The van der Waals surface area contributed by atoms with Gasteiger partial charge in [-0.1, -0.05) is 17.7 Å². The number of anilines is 1.